The van der Waals surface area contributed by atoms with Crippen molar-refractivity contribution in [2.24, 2.45) is 0 Å². The number of fused-ring (bicyclic) bond motifs is 9. The fraction of sp³-hybridized carbons (Fsp3) is 0. The molecule has 0 N–H and O–H groups in total. The molecule has 20 aromatic carbocycles. The summed E-state index contributed by atoms with van der Waals surface area (Å²) >= 11 is 0. The van der Waals surface area contributed by atoms with Crippen LogP contribution in [0.15, 0.2) is 425 Å². The molecule has 0 aliphatic carbocycles. The minimum absolute atomic E-state index is 1.06. The lowest BCUT2D eigenvalue weighted by Crippen LogP contribution is -2.12. The molecule has 108 heavy (non-hydrogen) atoms. The first-order valence-corrected chi connectivity index (χ1v) is 37.3. The zero-order valence-corrected chi connectivity index (χ0v) is 59.3. The standard InChI is InChI=1S/C106H70N2/c1-3-25-73(26-4-1)91-64-66-105(96-42-18-17-40-93(91)96)107(83-59-53-77(54-60-83)87-45-23-33-74-29-7-11-35-85(74)87)103-47-21-20-44-98(103)102-70-82-32-10-14-38-90(82)100-68-79(57-63-95(100)102)71-49-51-72(52-50-71)80-58-65-106(99(67-80)76-27-5-2-6-28-76)108(84-61-55-78(56-62-84)88-46-24-34-75-30-8-12-36-86(75)88)104-48-22-19-43-97(104)101-69-81-31-9-13-37-89(81)92-39-15-16-41-94(92)101/h1-70H. The van der Waals surface area contributed by atoms with Crippen LogP contribution in [0.1, 0.15) is 0 Å². The Morgan fingerprint density at radius 3 is 0.991 bits per heavy atom. The molecule has 0 aliphatic heterocycles. The van der Waals surface area contributed by atoms with E-state index in [2.05, 4.69) is 434 Å². The number of benzene rings is 20. The number of nitrogens with zero attached hydrogens (tertiary/aromatic N) is 2. The van der Waals surface area contributed by atoms with Crippen molar-refractivity contribution >= 4 is 110 Å². The van der Waals surface area contributed by atoms with Crippen LogP contribution in [0.3, 0.4) is 0 Å². The van der Waals surface area contributed by atoms with Crippen LogP contribution in [-0.2, 0) is 0 Å². The summed E-state index contributed by atoms with van der Waals surface area (Å²) in [7, 11) is 0. The van der Waals surface area contributed by atoms with E-state index in [9.17, 15) is 0 Å². The molecule has 0 fully saturated rings. The van der Waals surface area contributed by atoms with Crippen LogP contribution in [0.4, 0.5) is 34.1 Å². The Kier molecular flexibility index (Phi) is 16.0. The Bertz CT molecular complexity index is 6830. The van der Waals surface area contributed by atoms with Crippen LogP contribution in [0.2, 0.25) is 0 Å². The fourth-order valence-corrected chi connectivity index (χ4v) is 16.9. The fourth-order valence-electron chi connectivity index (χ4n) is 16.9. The van der Waals surface area contributed by atoms with Gasteiger partial charge in [0.1, 0.15) is 0 Å². The number of hydrogen-bond acceptors (Lipinski definition) is 2. The van der Waals surface area contributed by atoms with Crippen molar-refractivity contribution in [2.45, 2.75) is 0 Å². The minimum atomic E-state index is 1.06. The summed E-state index contributed by atoms with van der Waals surface area (Å²) in [4.78, 5) is 4.98. The number of rotatable bonds is 14. The van der Waals surface area contributed by atoms with Crippen molar-refractivity contribution in [3.05, 3.63) is 425 Å². The summed E-state index contributed by atoms with van der Waals surface area (Å²) in [6.07, 6.45) is 0. The Morgan fingerprint density at radius 1 is 0.120 bits per heavy atom. The van der Waals surface area contributed by atoms with Gasteiger partial charge in [0.25, 0.3) is 0 Å². The van der Waals surface area contributed by atoms with Gasteiger partial charge in [-0.2, -0.15) is 0 Å². The highest BCUT2D eigenvalue weighted by Gasteiger charge is 2.26. The highest BCUT2D eigenvalue weighted by Crippen LogP contribution is 2.51. The lowest BCUT2D eigenvalue weighted by atomic mass is 9.89. The van der Waals surface area contributed by atoms with E-state index in [4.69, 9.17) is 0 Å². The van der Waals surface area contributed by atoms with Crippen LogP contribution in [0, 0.1) is 0 Å². The molecule has 0 saturated carbocycles. The smallest absolute Gasteiger partial charge is 0.0540 e. The third-order valence-electron chi connectivity index (χ3n) is 22.1. The van der Waals surface area contributed by atoms with E-state index < -0.39 is 0 Å². The third-order valence-corrected chi connectivity index (χ3v) is 22.1. The van der Waals surface area contributed by atoms with Gasteiger partial charge in [-0.3, -0.25) is 0 Å². The molecule has 20 aromatic rings. The Labute approximate surface area is 628 Å². The van der Waals surface area contributed by atoms with Crippen LogP contribution in [0.5, 0.6) is 0 Å². The molecule has 0 aliphatic rings. The first kappa shape index (κ1) is 63.5. The van der Waals surface area contributed by atoms with Crippen LogP contribution in [0.25, 0.3) is 164 Å². The van der Waals surface area contributed by atoms with E-state index in [1.807, 2.05) is 0 Å². The molecule has 2 nitrogen and oxygen atoms in total. The van der Waals surface area contributed by atoms with Gasteiger partial charge in [0.15, 0.2) is 0 Å². The first-order chi connectivity index (χ1) is 53.6. The van der Waals surface area contributed by atoms with Gasteiger partial charge in [-0.05, 0) is 215 Å². The summed E-state index contributed by atoms with van der Waals surface area (Å²) < 4.78 is 0. The Morgan fingerprint density at radius 2 is 0.444 bits per heavy atom. The largest absolute Gasteiger partial charge is 0.309 e. The van der Waals surface area contributed by atoms with Crippen molar-refractivity contribution in [1.82, 2.24) is 0 Å². The highest BCUT2D eigenvalue weighted by atomic mass is 15.2. The monoisotopic (exact) mass is 1370 g/mol. The normalized spacial score (nSPS) is 11.5. The van der Waals surface area contributed by atoms with Crippen LogP contribution >= 0.6 is 0 Å². The molecule has 0 bridgehead atoms. The lowest BCUT2D eigenvalue weighted by Gasteiger charge is -2.31. The van der Waals surface area contributed by atoms with Gasteiger partial charge in [-0.1, -0.05) is 352 Å². The number of para-hydroxylation sites is 2. The number of hydrogen-bond donors (Lipinski definition) is 0. The molecule has 0 saturated heterocycles. The Balaban J connectivity index is 0.699. The van der Waals surface area contributed by atoms with E-state index in [0.717, 1.165) is 78.6 Å². The van der Waals surface area contributed by atoms with E-state index in [1.165, 1.54) is 120 Å². The second kappa shape index (κ2) is 27.1. The predicted molar refractivity (Wildman–Crippen MR) is 462 cm³/mol. The van der Waals surface area contributed by atoms with Crippen molar-refractivity contribution in [3.63, 3.8) is 0 Å². The maximum absolute atomic E-state index is 2.49. The quantitative estimate of drug-likeness (QED) is 0.100. The summed E-state index contributed by atoms with van der Waals surface area (Å²) in [6.45, 7) is 0. The SMILES string of the molecule is c1ccc(-c2cc(-c3ccc(-c4ccc5c(-c6ccccc6N(c6ccc(-c7cccc8ccccc78)cc6)c6ccc(-c7ccccc7)c7ccccc67)cc6ccccc6c5c4)cc3)ccc2N(c2ccc(-c3cccc4ccccc34)cc2)c2ccccc2-c2cc3ccccc3c3ccccc23)cc1. The van der Waals surface area contributed by atoms with Gasteiger partial charge < -0.3 is 9.80 Å². The van der Waals surface area contributed by atoms with Crippen LogP contribution < -0.4 is 9.80 Å². The number of anilines is 6. The predicted octanol–water partition coefficient (Wildman–Crippen LogP) is 30.0. The van der Waals surface area contributed by atoms with Gasteiger partial charge in [-0.15, -0.1) is 0 Å². The molecule has 0 aromatic heterocycles. The second-order valence-corrected chi connectivity index (χ2v) is 28.2. The summed E-state index contributed by atoms with van der Waals surface area (Å²) in [5, 5.41) is 17.0. The molecule has 0 heterocycles. The average molecular weight is 1370 g/mol. The van der Waals surface area contributed by atoms with Gasteiger partial charge in [0.2, 0.25) is 0 Å². The van der Waals surface area contributed by atoms with E-state index in [-0.39, 0.29) is 0 Å². The topological polar surface area (TPSA) is 6.48 Å². The van der Waals surface area contributed by atoms with Crippen molar-refractivity contribution < 1.29 is 0 Å². The van der Waals surface area contributed by atoms with E-state index in [1.54, 1.807) is 0 Å². The Hall–Kier alpha value is -14.2. The zero-order chi connectivity index (χ0) is 71.4. The molecule has 0 radical (unpaired) electrons. The molecule has 2 heteroatoms. The van der Waals surface area contributed by atoms with E-state index in [0.29, 0.717) is 0 Å². The average Bonchev–Trinajstić information content (AvgIpc) is 0.734. The minimum Gasteiger partial charge on any atom is -0.309 e. The maximum Gasteiger partial charge on any atom is 0.0540 e. The van der Waals surface area contributed by atoms with E-state index >= 15 is 0 Å². The van der Waals surface area contributed by atoms with Crippen molar-refractivity contribution in [3.8, 4) is 89.0 Å². The summed E-state index contributed by atoms with van der Waals surface area (Å²) in [6, 6.07) is 157. The van der Waals surface area contributed by atoms with Gasteiger partial charge in [0, 0.05) is 33.5 Å². The zero-order valence-electron chi connectivity index (χ0n) is 59.3. The van der Waals surface area contributed by atoms with Gasteiger partial charge >= 0.3 is 0 Å². The molecule has 0 amide bonds. The first-order valence-electron chi connectivity index (χ1n) is 37.3. The molecular weight excluding hydrogens is 1300 g/mol. The summed E-state index contributed by atoms with van der Waals surface area (Å²) in [5.74, 6) is 0. The van der Waals surface area contributed by atoms with Crippen molar-refractivity contribution in [2.75, 3.05) is 9.80 Å². The van der Waals surface area contributed by atoms with Crippen LogP contribution in [-0.4, -0.2) is 0 Å². The lowest BCUT2D eigenvalue weighted by molar-refractivity contribution is 1.28. The molecule has 0 spiro atoms. The van der Waals surface area contributed by atoms with Gasteiger partial charge in [-0.25, -0.2) is 0 Å². The summed E-state index contributed by atoms with van der Waals surface area (Å²) in [5.41, 5.74) is 25.1. The second-order valence-electron chi connectivity index (χ2n) is 28.2. The maximum atomic E-state index is 2.49. The van der Waals surface area contributed by atoms with Gasteiger partial charge in [0.05, 0.1) is 22.7 Å². The molecule has 20 rings (SSSR count). The molecule has 0 atom stereocenters. The third kappa shape index (κ3) is 11.3. The molecular formula is C106H70N2. The molecule has 0 unspecified atom stereocenters. The van der Waals surface area contributed by atoms with Crippen molar-refractivity contribution in [1.29, 1.82) is 0 Å². The molecule has 504 valence electrons. The highest BCUT2D eigenvalue weighted by molar-refractivity contribution is 6.18.